The Bertz CT molecular complexity index is 1300. The Labute approximate surface area is 200 Å². The average Bonchev–Trinajstić information content (AvgIpc) is 3.21. The molecule has 5 rings (SSSR count). The molecule has 2 aromatic heterocycles. The topological polar surface area (TPSA) is 67.2 Å². The van der Waals surface area contributed by atoms with Crippen molar-refractivity contribution in [3.05, 3.63) is 77.2 Å². The Kier molecular flexibility index (Phi) is 6.01. The number of rotatable bonds is 5. The van der Waals surface area contributed by atoms with Crippen LogP contribution in [0.5, 0.6) is 0 Å². The number of para-hydroxylation sites is 1. The van der Waals surface area contributed by atoms with Crippen LogP contribution in [0.2, 0.25) is 0 Å². The van der Waals surface area contributed by atoms with Gasteiger partial charge in [-0.05, 0) is 44.5 Å². The van der Waals surface area contributed by atoms with Crippen molar-refractivity contribution in [3.63, 3.8) is 0 Å². The second-order valence-electron chi connectivity index (χ2n) is 8.89. The van der Waals surface area contributed by atoms with Gasteiger partial charge in [0.1, 0.15) is 11.6 Å². The zero-order valence-electron chi connectivity index (χ0n) is 20.0. The van der Waals surface area contributed by atoms with Crippen molar-refractivity contribution in [1.29, 1.82) is 0 Å². The number of benzene rings is 2. The third-order valence-electron chi connectivity index (χ3n) is 6.37. The fraction of sp³-hybridized carbons (Fsp3) is 0.333. The minimum Gasteiger partial charge on any atom is -0.352 e. The molecule has 174 valence electrons. The van der Waals surface area contributed by atoms with Gasteiger partial charge in [-0.3, -0.25) is 4.79 Å². The maximum Gasteiger partial charge on any atom is 0.253 e. The lowest BCUT2D eigenvalue weighted by Gasteiger charge is -2.35. The number of hydrogen-bond donors (Lipinski definition) is 0. The molecule has 7 nitrogen and oxygen atoms in total. The van der Waals surface area contributed by atoms with Gasteiger partial charge >= 0.3 is 0 Å². The summed E-state index contributed by atoms with van der Waals surface area (Å²) in [6.45, 7) is 8.97. The summed E-state index contributed by atoms with van der Waals surface area (Å²) >= 11 is 0. The number of amides is 1. The van der Waals surface area contributed by atoms with E-state index in [0.29, 0.717) is 13.1 Å². The first kappa shape index (κ1) is 22.1. The van der Waals surface area contributed by atoms with Gasteiger partial charge in [-0.1, -0.05) is 42.8 Å². The van der Waals surface area contributed by atoms with Gasteiger partial charge in [0.2, 0.25) is 0 Å². The molecule has 4 aromatic rings. The number of aryl methyl sites for hydroxylation is 3. The smallest absolute Gasteiger partial charge is 0.253 e. The van der Waals surface area contributed by atoms with Crippen molar-refractivity contribution in [2.24, 2.45) is 0 Å². The van der Waals surface area contributed by atoms with Crippen LogP contribution < -0.4 is 4.90 Å². The minimum atomic E-state index is 0.0900. The van der Waals surface area contributed by atoms with E-state index < -0.39 is 0 Å². The molecule has 1 fully saturated rings. The molecule has 7 heteroatoms. The van der Waals surface area contributed by atoms with Crippen LogP contribution in [-0.2, 0) is 6.42 Å². The summed E-state index contributed by atoms with van der Waals surface area (Å²) in [6.07, 6.45) is 1.79. The van der Waals surface area contributed by atoms with Crippen LogP contribution in [0.15, 0.2) is 54.6 Å². The van der Waals surface area contributed by atoms with E-state index in [1.165, 1.54) is 0 Å². The van der Waals surface area contributed by atoms with Gasteiger partial charge < -0.3 is 9.80 Å². The number of piperazine rings is 1. The molecule has 1 saturated heterocycles. The predicted molar refractivity (Wildman–Crippen MR) is 135 cm³/mol. The molecular formula is C27H30N6O. The van der Waals surface area contributed by atoms with Gasteiger partial charge in [-0.25, -0.2) is 14.6 Å². The molecule has 0 aliphatic carbocycles. The Balaban J connectivity index is 1.46. The fourth-order valence-corrected chi connectivity index (χ4v) is 4.52. The van der Waals surface area contributed by atoms with E-state index in [1.54, 1.807) is 0 Å². The van der Waals surface area contributed by atoms with Gasteiger partial charge in [0.25, 0.3) is 5.91 Å². The highest BCUT2D eigenvalue weighted by molar-refractivity contribution is 5.95. The van der Waals surface area contributed by atoms with Crippen molar-refractivity contribution in [2.45, 2.75) is 33.6 Å². The molecule has 0 spiro atoms. The van der Waals surface area contributed by atoms with E-state index in [-0.39, 0.29) is 5.91 Å². The van der Waals surface area contributed by atoms with Gasteiger partial charge in [0.15, 0.2) is 5.65 Å². The van der Waals surface area contributed by atoms with E-state index >= 15 is 0 Å². The second-order valence-corrected chi connectivity index (χ2v) is 8.89. The van der Waals surface area contributed by atoms with Crippen LogP contribution in [0.4, 0.5) is 5.82 Å². The lowest BCUT2D eigenvalue weighted by Crippen LogP contribution is -2.49. The summed E-state index contributed by atoms with van der Waals surface area (Å²) in [6, 6.07) is 17.9. The number of carbonyl (C=O) groups is 1. The normalized spacial score (nSPS) is 14.1. The van der Waals surface area contributed by atoms with E-state index in [9.17, 15) is 4.79 Å². The van der Waals surface area contributed by atoms with Gasteiger partial charge in [0, 0.05) is 38.2 Å². The number of fused-ring (bicyclic) bond motifs is 1. The number of hydrogen-bond acceptors (Lipinski definition) is 5. The third-order valence-corrected chi connectivity index (χ3v) is 6.37. The van der Waals surface area contributed by atoms with E-state index in [1.807, 2.05) is 78.0 Å². The monoisotopic (exact) mass is 454 g/mol. The largest absolute Gasteiger partial charge is 0.352 e. The first-order valence-corrected chi connectivity index (χ1v) is 12.0. The van der Waals surface area contributed by atoms with E-state index in [2.05, 4.69) is 11.8 Å². The third kappa shape index (κ3) is 4.14. The highest BCUT2D eigenvalue weighted by Gasteiger charge is 2.26. The molecule has 1 aliphatic heterocycles. The summed E-state index contributed by atoms with van der Waals surface area (Å²) in [5.41, 5.74) is 4.64. The standard InChI is InChI=1S/C27H30N6O/c1-4-8-23-28-25(24-20(3)30-33(26(24)29-23)22-9-6-5-7-10-22)31-15-17-32(18-16-31)27(34)21-13-11-19(2)12-14-21/h5-7,9-14H,4,8,15-18H2,1-3H3. The van der Waals surface area contributed by atoms with Crippen molar-refractivity contribution in [2.75, 3.05) is 31.1 Å². The lowest BCUT2D eigenvalue weighted by atomic mass is 10.1. The van der Waals surface area contributed by atoms with Crippen molar-refractivity contribution >= 4 is 22.8 Å². The molecule has 0 radical (unpaired) electrons. The minimum absolute atomic E-state index is 0.0900. The number of anilines is 1. The highest BCUT2D eigenvalue weighted by atomic mass is 16.2. The van der Waals surface area contributed by atoms with Crippen LogP contribution in [-0.4, -0.2) is 56.7 Å². The zero-order chi connectivity index (χ0) is 23.7. The van der Waals surface area contributed by atoms with Gasteiger partial charge in [-0.2, -0.15) is 5.10 Å². The molecule has 2 aromatic carbocycles. The molecule has 0 N–H and O–H groups in total. The van der Waals surface area contributed by atoms with Crippen molar-refractivity contribution in [3.8, 4) is 5.69 Å². The molecule has 34 heavy (non-hydrogen) atoms. The molecule has 0 unspecified atom stereocenters. The molecule has 3 heterocycles. The molecular weight excluding hydrogens is 424 g/mol. The SMILES string of the molecule is CCCc1nc(N2CCN(C(=O)c3ccc(C)cc3)CC2)c2c(C)nn(-c3ccccc3)c2n1. The van der Waals surface area contributed by atoms with Crippen LogP contribution in [0.25, 0.3) is 16.7 Å². The van der Waals surface area contributed by atoms with E-state index in [4.69, 9.17) is 15.1 Å². The van der Waals surface area contributed by atoms with Crippen LogP contribution in [0.1, 0.15) is 40.8 Å². The van der Waals surface area contributed by atoms with Gasteiger partial charge in [-0.15, -0.1) is 0 Å². The summed E-state index contributed by atoms with van der Waals surface area (Å²) in [5.74, 6) is 1.85. The van der Waals surface area contributed by atoms with E-state index in [0.717, 1.165) is 71.1 Å². The quantitative estimate of drug-likeness (QED) is 0.449. The van der Waals surface area contributed by atoms with Crippen LogP contribution in [0.3, 0.4) is 0 Å². The van der Waals surface area contributed by atoms with Crippen LogP contribution in [0, 0.1) is 13.8 Å². The summed E-state index contributed by atoms with van der Waals surface area (Å²) < 4.78 is 1.92. The van der Waals surface area contributed by atoms with Gasteiger partial charge in [0.05, 0.1) is 16.8 Å². The molecule has 1 amide bonds. The predicted octanol–water partition coefficient (Wildman–Crippen LogP) is 4.35. The first-order valence-electron chi connectivity index (χ1n) is 12.0. The number of nitrogens with zero attached hydrogens (tertiary/aromatic N) is 6. The fourth-order valence-electron chi connectivity index (χ4n) is 4.52. The lowest BCUT2D eigenvalue weighted by molar-refractivity contribution is 0.0746. The summed E-state index contributed by atoms with van der Waals surface area (Å²) in [7, 11) is 0. The molecule has 0 saturated carbocycles. The Morgan fingerprint density at radius 2 is 1.62 bits per heavy atom. The summed E-state index contributed by atoms with van der Waals surface area (Å²) in [5, 5.41) is 5.82. The summed E-state index contributed by atoms with van der Waals surface area (Å²) in [4.78, 5) is 27.1. The Hall–Kier alpha value is -3.74. The maximum atomic E-state index is 13.0. The van der Waals surface area contributed by atoms with Crippen molar-refractivity contribution in [1.82, 2.24) is 24.6 Å². The van der Waals surface area contributed by atoms with Crippen molar-refractivity contribution < 1.29 is 4.79 Å². The number of aromatic nitrogens is 4. The zero-order valence-corrected chi connectivity index (χ0v) is 20.0. The highest BCUT2D eigenvalue weighted by Crippen LogP contribution is 2.30. The maximum absolute atomic E-state index is 13.0. The second kappa shape index (κ2) is 9.25. The molecule has 1 aliphatic rings. The van der Waals surface area contributed by atoms with Crippen LogP contribution >= 0.6 is 0 Å². The Morgan fingerprint density at radius 3 is 2.29 bits per heavy atom. The first-order chi connectivity index (χ1) is 16.5. The average molecular weight is 455 g/mol. The molecule has 0 atom stereocenters. The molecule has 0 bridgehead atoms. The number of carbonyl (C=O) groups excluding carboxylic acids is 1. The Morgan fingerprint density at radius 1 is 0.912 bits per heavy atom.